The van der Waals surface area contributed by atoms with Crippen molar-refractivity contribution in [2.45, 2.75) is 20.0 Å². The molecule has 0 radical (unpaired) electrons. The van der Waals surface area contributed by atoms with E-state index in [1.165, 1.54) is 12.1 Å². The van der Waals surface area contributed by atoms with Crippen molar-refractivity contribution in [2.75, 3.05) is 18.5 Å². The molecule has 0 amide bonds. The molecule has 0 aliphatic carbocycles. The number of carbonyl (C=O) groups excluding carboxylic acids is 1. The number of rotatable bonds is 5. The van der Waals surface area contributed by atoms with Crippen molar-refractivity contribution in [2.24, 2.45) is 0 Å². The van der Waals surface area contributed by atoms with Crippen molar-refractivity contribution in [3.05, 3.63) is 29.6 Å². The molecule has 1 aromatic rings. The molecule has 3 nitrogen and oxygen atoms in total. The first kappa shape index (κ1) is 17.5. The summed E-state index contributed by atoms with van der Waals surface area (Å²) in [6.07, 6.45) is -0.169. The maximum absolute atomic E-state index is 13.3. The van der Waals surface area contributed by atoms with E-state index in [9.17, 15) is 9.18 Å². The topological polar surface area (TPSA) is 29.5 Å². The fraction of sp³-hybridized carbons (Fsp3) is 0.385. The number of likely N-dealkylation sites (N-methyl/N-ethyl adjacent to an activating group) is 1. The number of nitrogens with zero attached hydrogens (tertiary/aromatic N) is 1. The second-order valence-corrected chi connectivity index (χ2v) is 10.1. The summed E-state index contributed by atoms with van der Waals surface area (Å²) in [4.78, 5) is 13.3. The van der Waals surface area contributed by atoms with Gasteiger partial charge in [0.25, 0.3) is 0 Å². The molecule has 0 saturated heterocycles. The van der Waals surface area contributed by atoms with Crippen LogP contribution in [0, 0.1) is 5.82 Å². The van der Waals surface area contributed by atoms with Gasteiger partial charge in [-0.25, -0.2) is 0 Å². The van der Waals surface area contributed by atoms with E-state index in [-0.39, 0.29) is 24.4 Å². The fourth-order valence-electron chi connectivity index (χ4n) is 1.62. The first-order valence-corrected chi connectivity index (χ1v) is 11.3. The van der Waals surface area contributed by atoms with Crippen molar-refractivity contribution in [3.63, 3.8) is 0 Å². The number of hydrogen-bond acceptors (Lipinski definition) is 3. The summed E-state index contributed by atoms with van der Waals surface area (Å²) in [6.45, 7) is 3.64. The Labute approximate surface area is 131 Å². The van der Waals surface area contributed by atoms with Crippen LogP contribution in [0.25, 0.3) is 0 Å². The van der Waals surface area contributed by atoms with Crippen LogP contribution in [0.3, 0.4) is 0 Å². The normalized spacial score (nSPS) is 11.2. The van der Waals surface area contributed by atoms with Gasteiger partial charge in [-0.05, 0) is 0 Å². The van der Waals surface area contributed by atoms with Crippen LogP contribution in [0.15, 0.2) is 18.2 Å². The van der Waals surface area contributed by atoms with Gasteiger partial charge in [-0.15, -0.1) is 0 Å². The number of ether oxygens (including phenoxy) is 1. The first-order valence-electron chi connectivity index (χ1n) is 5.83. The number of esters is 1. The maximum atomic E-state index is 13.3. The number of benzene rings is 1. The Bertz CT molecular complexity index is 519. The predicted molar refractivity (Wildman–Crippen MR) is 77.8 cm³/mol. The average molecular weight is 409 g/mol. The van der Waals surface area contributed by atoms with Crippen LogP contribution >= 0.6 is 19.4 Å². The molecule has 0 unspecified atom stereocenters. The van der Waals surface area contributed by atoms with Gasteiger partial charge < -0.3 is 0 Å². The van der Waals surface area contributed by atoms with Gasteiger partial charge >= 0.3 is 131 Å². The zero-order valence-electron chi connectivity index (χ0n) is 11.3. The SMILES string of the molecule is CC(C)OC(=O)CN(C)c1ccc(F)cc1[CH]=[Ru]([Cl])[Cl]. The Morgan fingerprint density at radius 3 is 2.70 bits per heavy atom. The van der Waals surface area contributed by atoms with Crippen molar-refractivity contribution in [1.29, 1.82) is 0 Å². The zero-order valence-corrected chi connectivity index (χ0v) is 14.6. The molecule has 0 fully saturated rings. The number of halogens is 3. The van der Waals surface area contributed by atoms with Gasteiger partial charge in [0.15, 0.2) is 0 Å². The molecule has 7 heteroatoms. The third-order valence-corrected chi connectivity index (χ3v) is 4.15. The predicted octanol–water partition coefficient (Wildman–Crippen LogP) is 3.29. The van der Waals surface area contributed by atoms with Crippen molar-refractivity contribution >= 4 is 35.6 Å². The third-order valence-electron chi connectivity index (χ3n) is 2.32. The summed E-state index contributed by atoms with van der Waals surface area (Å²) in [5.41, 5.74) is 1.28. The van der Waals surface area contributed by atoms with E-state index < -0.39 is 13.5 Å². The molecule has 0 N–H and O–H groups in total. The molecule has 0 bridgehead atoms. The minimum absolute atomic E-state index is 0.0714. The molecule has 0 aliphatic heterocycles. The van der Waals surface area contributed by atoms with Crippen LogP contribution < -0.4 is 4.90 Å². The summed E-state index contributed by atoms with van der Waals surface area (Å²) in [6, 6.07) is 4.27. The Morgan fingerprint density at radius 1 is 1.50 bits per heavy atom. The van der Waals surface area contributed by atoms with Crippen molar-refractivity contribution < 1.29 is 27.4 Å². The molecule has 20 heavy (non-hydrogen) atoms. The van der Waals surface area contributed by atoms with Crippen LogP contribution in [0.1, 0.15) is 19.4 Å². The summed E-state index contributed by atoms with van der Waals surface area (Å²) in [5.74, 6) is -0.717. The summed E-state index contributed by atoms with van der Waals surface area (Å²) in [5, 5.41) is 0. The minimum atomic E-state index is -2.08. The van der Waals surface area contributed by atoms with Crippen LogP contribution in [0.4, 0.5) is 10.1 Å². The molecule has 1 aromatic carbocycles. The molecule has 1 rings (SSSR count). The molecule has 0 spiro atoms. The molecule has 0 heterocycles. The monoisotopic (exact) mass is 409 g/mol. The Balaban J connectivity index is 2.95. The van der Waals surface area contributed by atoms with Crippen LogP contribution in [-0.4, -0.2) is 30.3 Å². The Hall–Kier alpha value is -0.507. The Morgan fingerprint density at radius 2 is 2.15 bits per heavy atom. The average Bonchev–Trinajstić information content (AvgIpc) is 2.26. The zero-order chi connectivity index (χ0) is 15.3. The van der Waals surface area contributed by atoms with Crippen LogP contribution in [-0.2, 0) is 23.0 Å². The molecule has 0 aliphatic rings. The van der Waals surface area contributed by atoms with Crippen molar-refractivity contribution in [3.8, 4) is 0 Å². The second-order valence-electron chi connectivity index (χ2n) is 4.40. The molecule has 0 saturated carbocycles. The number of anilines is 1. The van der Waals surface area contributed by atoms with E-state index in [0.717, 1.165) is 0 Å². The standard InChI is InChI=1S/C13H16FNO2.2ClH.Ru/c1-9(2)17-13(16)8-15(4)12-6-5-11(14)7-10(12)3;;;/h3,5-7,9H,8H2,1-2,4H3;2*1H;/q;;;+2/p-2. The summed E-state index contributed by atoms with van der Waals surface area (Å²) in [7, 11) is 13.4. The summed E-state index contributed by atoms with van der Waals surface area (Å²) < 4.78 is 20.0. The van der Waals surface area contributed by atoms with E-state index in [1.807, 2.05) is 0 Å². The molecular weight excluding hydrogens is 393 g/mol. The van der Waals surface area contributed by atoms with E-state index in [4.69, 9.17) is 24.1 Å². The molecule has 114 valence electrons. The first-order chi connectivity index (χ1) is 9.29. The van der Waals surface area contributed by atoms with Crippen LogP contribution in [0.5, 0.6) is 0 Å². The fourth-order valence-corrected chi connectivity index (χ4v) is 3.41. The van der Waals surface area contributed by atoms with E-state index >= 15 is 0 Å². The van der Waals surface area contributed by atoms with Gasteiger partial charge in [0.05, 0.1) is 0 Å². The van der Waals surface area contributed by atoms with Gasteiger partial charge in [0.1, 0.15) is 0 Å². The summed E-state index contributed by atoms with van der Waals surface area (Å²) >= 11 is -2.08. The van der Waals surface area contributed by atoms with Crippen LogP contribution in [0.2, 0.25) is 0 Å². The second kappa shape index (κ2) is 8.06. The van der Waals surface area contributed by atoms with E-state index in [2.05, 4.69) is 0 Å². The number of hydrogen-bond donors (Lipinski definition) is 0. The molecular formula is C13H16Cl2FNO2Ru. The Kier molecular flexibility index (Phi) is 7.07. The van der Waals surface area contributed by atoms with Gasteiger partial charge in [0.2, 0.25) is 0 Å². The molecule has 0 atom stereocenters. The van der Waals surface area contributed by atoms with E-state index in [1.54, 1.807) is 36.5 Å². The van der Waals surface area contributed by atoms with Crippen molar-refractivity contribution in [1.82, 2.24) is 0 Å². The third kappa shape index (κ3) is 5.86. The van der Waals surface area contributed by atoms with Gasteiger partial charge in [0, 0.05) is 0 Å². The van der Waals surface area contributed by atoms with Gasteiger partial charge in [-0.3, -0.25) is 0 Å². The molecule has 0 aromatic heterocycles. The number of carbonyl (C=O) groups is 1. The van der Waals surface area contributed by atoms with E-state index in [0.29, 0.717) is 11.3 Å². The van der Waals surface area contributed by atoms with Gasteiger partial charge in [-0.1, -0.05) is 0 Å². The quantitative estimate of drug-likeness (QED) is 0.552. The van der Waals surface area contributed by atoms with Gasteiger partial charge in [-0.2, -0.15) is 0 Å².